The van der Waals surface area contributed by atoms with Crippen molar-refractivity contribution in [3.8, 4) is 5.75 Å². The molecule has 7 heteroatoms. The molecule has 0 saturated heterocycles. The molecule has 2 aromatic carbocycles. The molecule has 0 aromatic heterocycles. The van der Waals surface area contributed by atoms with Crippen molar-refractivity contribution in [3.05, 3.63) is 65.2 Å². The topological polar surface area (TPSA) is 58.9 Å². The van der Waals surface area contributed by atoms with Crippen LogP contribution in [0, 0.1) is 6.92 Å². The zero-order valence-corrected chi connectivity index (χ0v) is 14.0. The number of aliphatic hydroxyl groups is 1. The molecule has 1 N–H and O–H groups in total. The van der Waals surface area contributed by atoms with Crippen LogP contribution in [0.2, 0.25) is 0 Å². The number of aliphatic imine (C=N–C) groups is 1. The molecule has 0 radical (unpaired) electrons. The highest BCUT2D eigenvalue weighted by molar-refractivity contribution is 6.20. The van der Waals surface area contributed by atoms with Gasteiger partial charge in [0.15, 0.2) is 0 Å². The third kappa shape index (κ3) is 4.72. The zero-order valence-electron chi connectivity index (χ0n) is 14.0. The summed E-state index contributed by atoms with van der Waals surface area (Å²) in [5.74, 6) is -2.54. The molecule has 0 aliphatic heterocycles. The molecule has 0 saturated carbocycles. The standard InChI is InChI=1S/C19H16F3NO3/c1-12-3-7-14(8-4-12)23-11-16(18(25)19(20,21)22)17(24)13-5-9-15(26-2)10-6-13/h3-11,24H,1-2H3. The van der Waals surface area contributed by atoms with Gasteiger partial charge in [-0.1, -0.05) is 17.7 Å². The van der Waals surface area contributed by atoms with Crippen LogP contribution in [0.1, 0.15) is 11.1 Å². The molecule has 136 valence electrons. The Bertz CT molecular complexity index is 836. The monoisotopic (exact) mass is 363 g/mol. The highest BCUT2D eigenvalue weighted by Crippen LogP contribution is 2.26. The van der Waals surface area contributed by atoms with Gasteiger partial charge in [0.1, 0.15) is 11.5 Å². The minimum absolute atomic E-state index is 0.0359. The summed E-state index contributed by atoms with van der Waals surface area (Å²) >= 11 is 0. The van der Waals surface area contributed by atoms with E-state index >= 15 is 0 Å². The summed E-state index contributed by atoms with van der Waals surface area (Å²) in [6, 6.07) is 12.2. The fourth-order valence-electron chi connectivity index (χ4n) is 2.05. The Kier molecular flexibility index (Phi) is 5.82. The Balaban J connectivity index is 2.48. The van der Waals surface area contributed by atoms with Gasteiger partial charge in [0, 0.05) is 11.8 Å². The lowest BCUT2D eigenvalue weighted by Crippen LogP contribution is -2.26. The maximum absolute atomic E-state index is 12.9. The number of carbonyl (C=O) groups excluding carboxylic acids is 1. The van der Waals surface area contributed by atoms with Crippen LogP contribution in [0.4, 0.5) is 18.9 Å². The summed E-state index contributed by atoms with van der Waals surface area (Å²) in [6.45, 7) is 1.85. The van der Waals surface area contributed by atoms with E-state index in [4.69, 9.17) is 4.74 Å². The Hall–Kier alpha value is -3.09. The van der Waals surface area contributed by atoms with Gasteiger partial charge in [-0.25, -0.2) is 0 Å². The molecular weight excluding hydrogens is 347 g/mol. The van der Waals surface area contributed by atoms with Gasteiger partial charge in [-0.2, -0.15) is 13.2 Å². The smallest absolute Gasteiger partial charge is 0.455 e. The van der Waals surface area contributed by atoms with E-state index in [1.807, 2.05) is 6.92 Å². The van der Waals surface area contributed by atoms with Gasteiger partial charge in [0.05, 0.1) is 18.4 Å². The maximum atomic E-state index is 12.9. The summed E-state index contributed by atoms with van der Waals surface area (Å²) in [5.41, 5.74) is 0.398. The first-order valence-corrected chi connectivity index (χ1v) is 7.52. The van der Waals surface area contributed by atoms with E-state index in [0.29, 0.717) is 11.4 Å². The van der Waals surface area contributed by atoms with Crippen molar-refractivity contribution in [3.63, 3.8) is 0 Å². The number of ether oxygens (including phenoxy) is 1. The second-order valence-electron chi connectivity index (χ2n) is 5.41. The molecule has 0 fully saturated rings. The van der Waals surface area contributed by atoms with Gasteiger partial charge < -0.3 is 9.84 Å². The molecule has 2 rings (SSSR count). The van der Waals surface area contributed by atoms with Crippen molar-refractivity contribution >= 4 is 23.4 Å². The van der Waals surface area contributed by atoms with E-state index in [1.54, 1.807) is 24.3 Å². The number of halogens is 3. The maximum Gasteiger partial charge on any atom is 0.455 e. The first-order valence-electron chi connectivity index (χ1n) is 7.52. The highest BCUT2D eigenvalue weighted by atomic mass is 19.4. The van der Waals surface area contributed by atoms with Gasteiger partial charge >= 0.3 is 6.18 Å². The molecule has 0 bridgehead atoms. The van der Waals surface area contributed by atoms with Gasteiger partial charge in [-0.3, -0.25) is 9.79 Å². The number of hydrogen-bond acceptors (Lipinski definition) is 4. The first-order chi connectivity index (χ1) is 12.2. The quantitative estimate of drug-likeness (QED) is 0.471. The number of ketones is 1. The highest BCUT2D eigenvalue weighted by Gasteiger charge is 2.41. The van der Waals surface area contributed by atoms with Crippen LogP contribution in [0.15, 0.2) is 59.1 Å². The molecular formula is C19H16F3NO3. The zero-order chi connectivity index (χ0) is 19.3. The lowest BCUT2D eigenvalue weighted by molar-refractivity contribution is -0.165. The molecule has 0 aliphatic carbocycles. The average Bonchev–Trinajstić information content (AvgIpc) is 2.62. The second-order valence-corrected chi connectivity index (χ2v) is 5.41. The summed E-state index contributed by atoms with van der Waals surface area (Å²) in [5, 5.41) is 10.2. The van der Waals surface area contributed by atoms with Crippen molar-refractivity contribution in [1.29, 1.82) is 0 Å². The molecule has 0 unspecified atom stereocenters. The van der Waals surface area contributed by atoms with Gasteiger partial charge in [0.25, 0.3) is 5.78 Å². The largest absolute Gasteiger partial charge is 0.506 e. The lowest BCUT2D eigenvalue weighted by Gasteiger charge is -2.09. The van der Waals surface area contributed by atoms with Crippen molar-refractivity contribution in [2.75, 3.05) is 7.11 Å². The van der Waals surface area contributed by atoms with Gasteiger partial charge in [-0.15, -0.1) is 0 Å². The number of aryl methyl sites for hydroxylation is 1. The number of rotatable bonds is 5. The minimum Gasteiger partial charge on any atom is -0.506 e. The van der Waals surface area contributed by atoms with Crippen LogP contribution in [0.3, 0.4) is 0 Å². The predicted molar refractivity (Wildman–Crippen MR) is 92.9 cm³/mol. The fraction of sp³-hybridized carbons (Fsp3) is 0.158. The molecule has 0 aliphatic rings. The summed E-state index contributed by atoms with van der Waals surface area (Å²) < 4.78 is 43.6. The lowest BCUT2D eigenvalue weighted by atomic mass is 10.0. The fourth-order valence-corrected chi connectivity index (χ4v) is 2.05. The van der Waals surface area contributed by atoms with E-state index in [0.717, 1.165) is 11.8 Å². The Morgan fingerprint density at radius 2 is 1.65 bits per heavy atom. The number of nitrogens with zero attached hydrogens (tertiary/aromatic N) is 1. The van der Waals surface area contributed by atoms with Crippen LogP contribution in [-0.4, -0.2) is 30.4 Å². The molecule has 2 aromatic rings. The van der Waals surface area contributed by atoms with E-state index in [1.165, 1.54) is 31.4 Å². The Labute approximate surface area is 148 Å². The number of allylic oxidation sites excluding steroid dienone is 1. The van der Waals surface area contributed by atoms with Crippen LogP contribution in [0.5, 0.6) is 5.75 Å². The molecule has 4 nitrogen and oxygen atoms in total. The van der Waals surface area contributed by atoms with Crippen molar-refractivity contribution in [1.82, 2.24) is 0 Å². The van der Waals surface area contributed by atoms with Crippen LogP contribution >= 0.6 is 0 Å². The minimum atomic E-state index is -5.14. The van der Waals surface area contributed by atoms with Crippen LogP contribution in [-0.2, 0) is 4.79 Å². The number of alkyl halides is 3. The predicted octanol–water partition coefficient (Wildman–Crippen LogP) is 4.81. The third-order valence-corrected chi connectivity index (χ3v) is 3.50. The van der Waals surface area contributed by atoms with Gasteiger partial charge in [-0.05, 0) is 43.3 Å². The van der Waals surface area contributed by atoms with Crippen LogP contribution < -0.4 is 4.74 Å². The molecule has 0 spiro atoms. The molecule has 0 heterocycles. The SMILES string of the molecule is COc1ccc(C(O)=C(C=Nc2ccc(C)cc2)C(=O)C(F)(F)F)cc1. The first kappa shape index (κ1) is 19.2. The average molecular weight is 363 g/mol. The molecule has 0 atom stereocenters. The number of hydrogen-bond donors (Lipinski definition) is 1. The number of carbonyl (C=O) groups is 1. The number of aliphatic hydroxyl groups excluding tert-OH is 1. The summed E-state index contributed by atoms with van der Waals surface area (Å²) in [7, 11) is 1.43. The van der Waals surface area contributed by atoms with Crippen LogP contribution in [0.25, 0.3) is 5.76 Å². The Morgan fingerprint density at radius 1 is 1.08 bits per heavy atom. The van der Waals surface area contributed by atoms with E-state index in [2.05, 4.69) is 4.99 Å². The summed E-state index contributed by atoms with van der Waals surface area (Å²) in [4.78, 5) is 15.6. The number of benzene rings is 2. The number of Topliss-reactive ketones (excluding diaryl/α,β-unsaturated/α-hetero) is 1. The van der Waals surface area contributed by atoms with E-state index < -0.39 is 23.3 Å². The second kappa shape index (κ2) is 7.86. The third-order valence-electron chi connectivity index (χ3n) is 3.50. The Morgan fingerprint density at radius 3 is 2.15 bits per heavy atom. The van der Waals surface area contributed by atoms with Crippen molar-refractivity contribution in [2.45, 2.75) is 13.1 Å². The normalized spacial score (nSPS) is 12.8. The van der Waals surface area contributed by atoms with Gasteiger partial charge in [0.2, 0.25) is 0 Å². The van der Waals surface area contributed by atoms with Crippen molar-refractivity contribution in [2.24, 2.45) is 4.99 Å². The molecule has 0 amide bonds. The van der Waals surface area contributed by atoms with E-state index in [-0.39, 0.29) is 5.56 Å². The number of methoxy groups -OCH3 is 1. The summed E-state index contributed by atoms with van der Waals surface area (Å²) in [6.07, 6.45) is -4.42. The van der Waals surface area contributed by atoms with E-state index in [9.17, 15) is 23.1 Å². The molecule has 26 heavy (non-hydrogen) atoms. The van der Waals surface area contributed by atoms with Crippen molar-refractivity contribution < 1.29 is 27.8 Å².